The van der Waals surface area contributed by atoms with Gasteiger partial charge in [0.05, 0.1) is 10.0 Å². The van der Waals surface area contributed by atoms with Crippen molar-refractivity contribution in [2.75, 3.05) is 5.32 Å². The Kier molecular flexibility index (Phi) is 5.92. The molecule has 0 radical (unpaired) electrons. The van der Waals surface area contributed by atoms with E-state index in [9.17, 15) is 4.79 Å². The van der Waals surface area contributed by atoms with Gasteiger partial charge in [-0.3, -0.25) is 5.10 Å². The fraction of sp³-hybridized carbons (Fsp3) is 0.312. The van der Waals surface area contributed by atoms with Gasteiger partial charge in [0.25, 0.3) is 0 Å². The van der Waals surface area contributed by atoms with E-state index in [0.717, 1.165) is 0 Å². The molecule has 0 saturated carbocycles. The van der Waals surface area contributed by atoms with Gasteiger partial charge in [-0.15, -0.1) is 0 Å². The minimum atomic E-state index is -0.475. The topological polar surface area (TPSA) is 122 Å². The zero-order valence-corrected chi connectivity index (χ0v) is 16.0. The lowest BCUT2D eigenvalue weighted by Crippen LogP contribution is -2.33. The van der Waals surface area contributed by atoms with E-state index in [-0.39, 0.29) is 17.6 Å². The van der Waals surface area contributed by atoms with Crippen molar-refractivity contribution in [3.05, 3.63) is 40.5 Å². The van der Waals surface area contributed by atoms with Gasteiger partial charge in [0, 0.05) is 5.69 Å². The Morgan fingerprint density at radius 1 is 1.30 bits per heavy atom. The van der Waals surface area contributed by atoms with E-state index in [1.807, 2.05) is 13.8 Å². The van der Waals surface area contributed by atoms with Crippen molar-refractivity contribution in [1.82, 2.24) is 30.6 Å². The minimum absolute atomic E-state index is 0.267. The van der Waals surface area contributed by atoms with Gasteiger partial charge < -0.3 is 15.2 Å². The van der Waals surface area contributed by atoms with Gasteiger partial charge in [-0.05, 0) is 30.5 Å². The summed E-state index contributed by atoms with van der Waals surface area (Å²) < 4.78 is 5.31. The molecule has 27 heavy (non-hydrogen) atoms. The predicted octanol–water partition coefficient (Wildman–Crippen LogP) is 4.07. The van der Waals surface area contributed by atoms with Gasteiger partial charge in [0.1, 0.15) is 12.4 Å². The number of anilines is 1. The molecule has 3 aromatic rings. The van der Waals surface area contributed by atoms with Gasteiger partial charge in [0.2, 0.25) is 11.7 Å². The van der Waals surface area contributed by atoms with Crippen LogP contribution in [0.1, 0.15) is 32.2 Å². The molecule has 1 atom stereocenters. The first-order valence-electron chi connectivity index (χ1n) is 8.14. The first-order valence-corrected chi connectivity index (χ1v) is 8.90. The fourth-order valence-corrected chi connectivity index (χ4v) is 2.68. The molecule has 3 N–H and O–H groups in total. The third kappa shape index (κ3) is 4.95. The van der Waals surface area contributed by atoms with E-state index >= 15 is 0 Å². The molecule has 0 spiro atoms. The van der Waals surface area contributed by atoms with Crippen LogP contribution in [0.4, 0.5) is 10.5 Å². The molecule has 142 valence electrons. The summed E-state index contributed by atoms with van der Waals surface area (Å²) in [5, 5.41) is 16.6. The van der Waals surface area contributed by atoms with Crippen LogP contribution in [0.25, 0.3) is 11.6 Å². The van der Waals surface area contributed by atoms with Crippen LogP contribution in [-0.2, 0) is 0 Å². The van der Waals surface area contributed by atoms with Crippen LogP contribution in [0.3, 0.4) is 0 Å². The van der Waals surface area contributed by atoms with Crippen LogP contribution in [0.5, 0.6) is 0 Å². The maximum absolute atomic E-state index is 12.4. The third-order valence-corrected chi connectivity index (χ3v) is 4.30. The largest absolute Gasteiger partial charge is 0.337 e. The molecule has 1 aromatic carbocycles. The number of aromatic amines is 1. The van der Waals surface area contributed by atoms with Crippen LogP contribution in [-0.4, -0.2) is 31.4 Å². The molecule has 0 unspecified atom stereocenters. The number of benzene rings is 1. The summed E-state index contributed by atoms with van der Waals surface area (Å²) >= 11 is 11.9. The number of amides is 2. The molecule has 0 saturated heterocycles. The molecule has 0 bridgehead atoms. The highest BCUT2D eigenvalue weighted by molar-refractivity contribution is 6.42. The molecular formula is C16H17Cl2N7O2. The lowest BCUT2D eigenvalue weighted by Gasteiger charge is -2.17. The second kappa shape index (κ2) is 8.36. The summed E-state index contributed by atoms with van der Waals surface area (Å²) in [5.41, 5.74) is 0.512. The number of aromatic nitrogens is 5. The number of carbonyl (C=O) groups is 1. The molecule has 2 heterocycles. The van der Waals surface area contributed by atoms with E-state index in [1.165, 1.54) is 6.33 Å². The van der Waals surface area contributed by atoms with Crippen molar-refractivity contribution in [2.45, 2.75) is 26.3 Å². The standard InChI is InChI=1S/C16H17Cl2N7O2/c1-8(2)5-12(15-23-14(25-27-15)13-19-7-20-24-13)22-16(26)21-9-3-4-10(17)11(18)6-9/h3-4,6-8,12H,5H2,1-2H3,(H,19,20,24)(H2,21,22,26)/t12-/m1/s1. The number of halogens is 2. The Morgan fingerprint density at radius 3 is 2.78 bits per heavy atom. The summed E-state index contributed by atoms with van der Waals surface area (Å²) in [6, 6.07) is 3.91. The molecule has 3 rings (SSSR count). The monoisotopic (exact) mass is 409 g/mol. The molecular weight excluding hydrogens is 393 g/mol. The number of hydrogen-bond acceptors (Lipinski definition) is 6. The first kappa shape index (κ1) is 19.1. The summed E-state index contributed by atoms with van der Waals surface area (Å²) in [6.45, 7) is 4.05. The Morgan fingerprint density at radius 2 is 2.11 bits per heavy atom. The third-order valence-electron chi connectivity index (χ3n) is 3.56. The number of carbonyl (C=O) groups excluding carboxylic acids is 1. The smallest absolute Gasteiger partial charge is 0.319 e. The molecule has 0 fully saturated rings. The number of nitrogens with zero attached hydrogens (tertiary/aromatic N) is 4. The Balaban J connectivity index is 1.72. The van der Waals surface area contributed by atoms with Crippen molar-refractivity contribution in [3.8, 4) is 11.6 Å². The van der Waals surface area contributed by atoms with Crippen LogP contribution < -0.4 is 10.6 Å². The van der Waals surface area contributed by atoms with Crippen molar-refractivity contribution < 1.29 is 9.32 Å². The van der Waals surface area contributed by atoms with E-state index in [4.69, 9.17) is 27.7 Å². The average Bonchev–Trinajstić information content (AvgIpc) is 3.28. The average molecular weight is 410 g/mol. The molecule has 2 amide bonds. The van der Waals surface area contributed by atoms with Gasteiger partial charge in [0.15, 0.2) is 5.82 Å². The molecule has 0 aliphatic rings. The van der Waals surface area contributed by atoms with Gasteiger partial charge >= 0.3 is 6.03 Å². The SMILES string of the molecule is CC(C)C[C@@H](NC(=O)Nc1ccc(Cl)c(Cl)c1)c1nc(-c2ncn[nH]2)no1. The normalized spacial score (nSPS) is 12.2. The second-order valence-corrected chi connectivity index (χ2v) is 7.01. The van der Waals surface area contributed by atoms with E-state index in [1.54, 1.807) is 18.2 Å². The number of hydrogen-bond donors (Lipinski definition) is 3. The van der Waals surface area contributed by atoms with Crippen LogP contribution in [0, 0.1) is 5.92 Å². The Hall–Kier alpha value is -2.65. The number of rotatable bonds is 6. The quantitative estimate of drug-likeness (QED) is 0.563. The Labute approximate surface area is 164 Å². The van der Waals surface area contributed by atoms with E-state index in [0.29, 0.717) is 28.0 Å². The highest BCUT2D eigenvalue weighted by Gasteiger charge is 2.23. The fourth-order valence-electron chi connectivity index (χ4n) is 2.38. The van der Waals surface area contributed by atoms with E-state index in [2.05, 4.69) is 36.0 Å². The molecule has 9 nitrogen and oxygen atoms in total. The summed E-state index contributed by atoms with van der Waals surface area (Å²) in [4.78, 5) is 20.7. The second-order valence-electron chi connectivity index (χ2n) is 6.20. The first-order chi connectivity index (χ1) is 12.9. The van der Waals surface area contributed by atoms with Gasteiger partial charge in [-0.2, -0.15) is 10.1 Å². The maximum atomic E-state index is 12.4. The lowest BCUT2D eigenvalue weighted by molar-refractivity contribution is 0.240. The molecule has 0 aliphatic carbocycles. The highest BCUT2D eigenvalue weighted by atomic mass is 35.5. The number of urea groups is 1. The zero-order valence-electron chi connectivity index (χ0n) is 14.5. The number of nitrogens with one attached hydrogen (secondary N) is 3. The molecule has 0 aliphatic heterocycles. The van der Waals surface area contributed by atoms with Crippen LogP contribution in [0.2, 0.25) is 10.0 Å². The van der Waals surface area contributed by atoms with Crippen LogP contribution >= 0.6 is 23.2 Å². The summed E-state index contributed by atoms with van der Waals surface area (Å²) in [6.07, 6.45) is 1.95. The Bertz CT molecular complexity index is 911. The lowest BCUT2D eigenvalue weighted by atomic mass is 10.0. The number of H-pyrrole nitrogens is 1. The predicted molar refractivity (Wildman–Crippen MR) is 100 cm³/mol. The molecule has 11 heteroatoms. The molecule has 2 aromatic heterocycles. The van der Waals surface area contributed by atoms with E-state index < -0.39 is 12.1 Å². The maximum Gasteiger partial charge on any atom is 0.319 e. The van der Waals surface area contributed by atoms with Crippen molar-refractivity contribution in [2.24, 2.45) is 5.92 Å². The van der Waals surface area contributed by atoms with Gasteiger partial charge in [-0.25, -0.2) is 9.78 Å². The van der Waals surface area contributed by atoms with Crippen molar-refractivity contribution in [1.29, 1.82) is 0 Å². The van der Waals surface area contributed by atoms with Crippen molar-refractivity contribution >= 4 is 34.9 Å². The zero-order chi connectivity index (χ0) is 19.4. The van der Waals surface area contributed by atoms with Crippen LogP contribution in [0.15, 0.2) is 29.0 Å². The summed E-state index contributed by atoms with van der Waals surface area (Å²) in [5.74, 6) is 1.21. The summed E-state index contributed by atoms with van der Waals surface area (Å²) in [7, 11) is 0. The van der Waals surface area contributed by atoms with Gasteiger partial charge in [-0.1, -0.05) is 42.2 Å². The van der Waals surface area contributed by atoms with Crippen molar-refractivity contribution in [3.63, 3.8) is 0 Å². The minimum Gasteiger partial charge on any atom is -0.337 e. The highest BCUT2D eigenvalue weighted by Crippen LogP contribution is 2.26.